The number of allylic oxidation sites excluding steroid dienone is 2. The first kappa shape index (κ1) is 24.6. The molecule has 0 spiro atoms. The molecule has 0 saturated heterocycles. The first-order valence-corrected chi connectivity index (χ1v) is 13.5. The number of rotatable bonds is 5. The molecule has 0 amide bonds. The minimum absolute atomic E-state index is 0.0904. The van der Waals surface area contributed by atoms with Crippen LogP contribution in [0.2, 0.25) is 10.0 Å². The fraction of sp³-hybridized carbons (Fsp3) is 0.185. The number of fused-ring (bicyclic) bond motifs is 3. The molecule has 0 saturated carbocycles. The topological polar surface area (TPSA) is 81.9 Å². The van der Waals surface area contributed by atoms with Crippen molar-refractivity contribution in [3.63, 3.8) is 0 Å². The van der Waals surface area contributed by atoms with E-state index >= 15 is 0 Å². The normalized spacial score (nSPS) is 17.3. The summed E-state index contributed by atoms with van der Waals surface area (Å²) in [6.07, 6.45) is 2.60. The number of hydrogen-bond donors (Lipinski definition) is 1. The highest BCUT2D eigenvalue weighted by molar-refractivity contribution is 7.95. The van der Waals surface area contributed by atoms with E-state index in [0.717, 1.165) is 22.4 Å². The lowest BCUT2D eigenvalue weighted by Crippen LogP contribution is -2.38. The Bertz CT molecular complexity index is 1520. The zero-order valence-electron chi connectivity index (χ0n) is 19.7. The van der Waals surface area contributed by atoms with Crippen LogP contribution in [0.5, 0.6) is 11.5 Å². The van der Waals surface area contributed by atoms with Crippen molar-refractivity contribution in [2.45, 2.75) is 17.2 Å². The van der Waals surface area contributed by atoms with E-state index in [1.54, 1.807) is 38.5 Å². The third kappa shape index (κ3) is 4.11. The van der Waals surface area contributed by atoms with E-state index in [9.17, 15) is 8.42 Å². The van der Waals surface area contributed by atoms with Gasteiger partial charge in [-0.2, -0.15) is 0 Å². The summed E-state index contributed by atoms with van der Waals surface area (Å²) in [6.45, 7) is 0.516. The second-order valence-electron chi connectivity index (χ2n) is 8.56. The number of benzene rings is 3. The number of nitrogens with two attached hydrogens (primary N) is 1. The Morgan fingerprint density at radius 2 is 1.64 bits per heavy atom. The second-order valence-corrected chi connectivity index (χ2v) is 11.3. The fourth-order valence-corrected chi connectivity index (χ4v) is 6.90. The third-order valence-corrected chi connectivity index (χ3v) is 8.96. The molecule has 0 aliphatic carbocycles. The summed E-state index contributed by atoms with van der Waals surface area (Å²) in [5, 5.41) is 0.887. The van der Waals surface area contributed by atoms with Gasteiger partial charge in [0.1, 0.15) is 10.7 Å². The lowest BCUT2D eigenvalue weighted by molar-refractivity contribution is 0.353. The Kier molecular flexibility index (Phi) is 6.41. The van der Waals surface area contributed by atoms with Crippen molar-refractivity contribution in [3.05, 3.63) is 104 Å². The molecule has 1 atom stereocenters. The Morgan fingerprint density at radius 1 is 0.944 bits per heavy atom. The van der Waals surface area contributed by atoms with E-state index in [4.69, 9.17) is 38.4 Å². The number of methoxy groups -OCH3 is 2. The van der Waals surface area contributed by atoms with E-state index < -0.39 is 15.8 Å². The van der Waals surface area contributed by atoms with Gasteiger partial charge in [0.05, 0.1) is 19.1 Å². The Morgan fingerprint density at radius 3 is 2.31 bits per heavy atom. The number of ether oxygens (including phenoxy) is 2. The molecule has 2 heterocycles. The lowest BCUT2D eigenvalue weighted by Gasteiger charge is -2.39. The molecular formula is C27H24Cl2N2O4S. The molecule has 6 nitrogen and oxygen atoms in total. The van der Waals surface area contributed by atoms with E-state index in [2.05, 4.69) is 0 Å². The molecule has 5 rings (SSSR count). The maximum Gasteiger partial charge on any atom is 0.207 e. The van der Waals surface area contributed by atoms with Crippen LogP contribution in [0.15, 0.2) is 82.4 Å². The van der Waals surface area contributed by atoms with E-state index in [1.165, 1.54) is 12.1 Å². The molecule has 36 heavy (non-hydrogen) atoms. The summed E-state index contributed by atoms with van der Waals surface area (Å²) >= 11 is 12.3. The molecule has 0 fully saturated rings. The van der Waals surface area contributed by atoms with Crippen LogP contribution in [0.25, 0.3) is 5.70 Å². The number of nitrogens with zero attached hydrogens (tertiary/aromatic N) is 1. The van der Waals surface area contributed by atoms with Gasteiger partial charge in [0.25, 0.3) is 0 Å². The average molecular weight is 543 g/mol. The summed E-state index contributed by atoms with van der Waals surface area (Å²) in [6, 6.07) is 17.2. The summed E-state index contributed by atoms with van der Waals surface area (Å²) in [5.41, 5.74) is 10.3. The molecule has 3 aromatic carbocycles. The number of sulfone groups is 1. The molecule has 2 N–H and O–H groups in total. The Hall–Kier alpha value is -3.13. The molecule has 0 radical (unpaired) electrons. The van der Waals surface area contributed by atoms with Gasteiger partial charge in [0.2, 0.25) is 9.84 Å². The fourth-order valence-electron chi connectivity index (χ4n) is 4.80. The van der Waals surface area contributed by atoms with Crippen LogP contribution in [0.1, 0.15) is 22.6 Å². The average Bonchev–Trinajstić information content (AvgIpc) is 2.87. The standard InChI is InChI=1S/C27H24Cl2N2O4S/c1-34-24-12-17-10-11-31-23(21(17)15-25(24)35-2)14-22(16-6-8-18(28)9-7-16)26(27(31)30)36(32,33)20-5-3-4-19(29)13-20/h3-9,12-15,22H,10-11,30H2,1-2H3/t22-/m0/s1. The summed E-state index contributed by atoms with van der Waals surface area (Å²) in [5.74, 6) is 0.773. The largest absolute Gasteiger partial charge is 0.493 e. The number of halogens is 2. The van der Waals surface area contributed by atoms with Gasteiger partial charge in [-0.15, -0.1) is 0 Å². The minimum atomic E-state index is -3.99. The van der Waals surface area contributed by atoms with Gasteiger partial charge >= 0.3 is 0 Å². The zero-order valence-corrected chi connectivity index (χ0v) is 22.0. The van der Waals surface area contributed by atoms with Gasteiger partial charge in [0, 0.05) is 33.8 Å². The summed E-state index contributed by atoms with van der Waals surface area (Å²) in [7, 11) is -0.802. The van der Waals surface area contributed by atoms with Gasteiger partial charge < -0.3 is 20.1 Å². The van der Waals surface area contributed by atoms with Gasteiger partial charge in [-0.1, -0.05) is 41.4 Å². The highest BCUT2D eigenvalue weighted by Gasteiger charge is 2.39. The smallest absolute Gasteiger partial charge is 0.207 e. The summed E-state index contributed by atoms with van der Waals surface area (Å²) < 4.78 is 39.0. The Labute approximate surface area is 220 Å². The molecular weight excluding hydrogens is 519 g/mol. The maximum atomic E-state index is 14.0. The second kappa shape index (κ2) is 9.39. The molecule has 0 bridgehead atoms. The first-order chi connectivity index (χ1) is 17.2. The van der Waals surface area contributed by atoms with Crippen molar-refractivity contribution in [2.75, 3.05) is 20.8 Å². The van der Waals surface area contributed by atoms with Gasteiger partial charge in [0.15, 0.2) is 11.5 Å². The maximum absolute atomic E-state index is 14.0. The van der Waals surface area contributed by atoms with Crippen LogP contribution in [-0.4, -0.2) is 34.1 Å². The monoisotopic (exact) mass is 542 g/mol. The SMILES string of the molecule is COc1cc2c(cc1OC)C1=C[C@@H](c3ccc(Cl)cc3)C(S(=O)(=O)c3cccc(Cl)c3)=C(N)N1CC2. The van der Waals surface area contributed by atoms with Crippen molar-refractivity contribution in [1.82, 2.24) is 4.90 Å². The van der Waals surface area contributed by atoms with E-state index in [1.807, 2.05) is 35.2 Å². The van der Waals surface area contributed by atoms with Crippen molar-refractivity contribution in [3.8, 4) is 11.5 Å². The highest BCUT2D eigenvalue weighted by Crippen LogP contribution is 2.46. The van der Waals surface area contributed by atoms with Crippen LogP contribution >= 0.6 is 23.2 Å². The van der Waals surface area contributed by atoms with Crippen LogP contribution in [0.4, 0.5) is 0 Å². The first-order valence-electron chi connectivity index (χ1n) is 11.2. The van der Waals surface area contributed by atoms with E-state index in [0.29, 0.717) is 34.5 Å². The molecule has 9 heteroatoms. The van der Waals surface area contributed by atoms with Crippen molar-refractivity contribution in [1.29, 1.82) is 0 Å². The molecule has 186 valence electrons. The zero-order chi connectivity index (χ0) is 25.6. The molecule has 0 aromatic heterocycles. The molecule has 2 aliphatic heterocycles. The van der Waals surface area contributed by atoms with Crippen LogP contribution in [-0.2, 0) is 16.3 Å². The number of hydrogen-bond acceptors (Lipinski definition) is 6. The quantitative estimate of drug-likeness (QED) is 0.451. The van der Waals surface area contributed by atoms with Crippen LogP contribution in [0.3, 0.4) is 0 Å². The van der Waals surface area contributed by atoms with Gasteiger partial charge in [-0.05, 0) is 66.1 Å². The highest BCUT2D eigenvalue weighted by atomic mass is 35.5. The lowest BCUT2D eigenvalue weighted by atomic mass is 9.88. The van der Waals surface area contributed by atoms with Crippen LogP contribution in [0, 0.1) is 0 Å². The van der Waals surface area contributed by atoms with Gasteiger partial charge in [-0.25, -0.2) is 8.42 Å². The molecule has 2 aliphatic rings. The minimum Gasteiger partial charge on any atom is -0.493 e. The predicted octanol–water partition coefficient (Wildman–Crippen LogP) is 5.61. The van der Waals surface area contributed by atoms with Gasteiger partial charge in [-0.3, -0.25) is 0 Å². The summed E-state index contributed by atoms with van der Waals surface area (Å²) in [4.78, 5) is 2.06. The third-order valence-electron chi connectivity index (χ3n) is 6.56. The van der Waals surface area contributed by atoms with Crippen molar-refractivity contribution >= 4 is 38.7 Å². The van der Waals surface area contributed by atoms with Crippen molar-refractivity contribution < 1.29 is 17.9 Å². The van der Waals surface area contributed by atoms with Crippen LogP contribution < -0.4 is 15.2 Å². The van der Waals surface area contributed by atoms with Crippen molar-refractivity contribution in [2.24, 2.45) is 5.73 Å². The van der Waals surface area contributed by atoms with E-state index in [-0.39, 0.29) is 15.6 Å². The Balaban J connectivity index is 1.73. The predicted molar refractivity (Wildman–Crippen MR) is 142 cm³/mol. The molecule has 0 unspecified atom stereocenters. The molecule has 3 aromatic rings.